The number of rotatable bonds is 8. The summed E-state index contributed by atoms with van der Waals surface area (Å²) in [4.78, 5) is 36.9. The number of halogens is 2. The van der Waals surface area contributed by atoms with Gasteiger partial charge in [-0.15, -0.1) is 0 Å². The first-order valence-electron chi connectivity index (χ1n) is 13.3. The lowest BCUT2D eigenvalue weighted by molar-refractivity contribution is -0.129. The Labute approximate surface area is 224 Å². The molecule has 2 amide bonds. The van der Waals surface area contributed by atoms with Crippen molar-refractivity contribution in [2.24, 2.45) is 5.92 Å². The summed E-state index contributed by atoms with van der Waals surface area (Å²) in [5, 5.41) is 14.8. The monoisotopic (exact) mass is 541 g/mol. The molecule has 2 aromatic heterocycles. The van der Waals surface area contributed by atoms with E-state index in [0.717, 1.165) is 12.8 Å². The summed E-state index contributed by atoms with van der Waals surface area (Å²) in [5.74, 6) is -0.660. The fourth-order valence-corrected chi connectivity index (χ4v) is 5.06. The lowest BCUT2D eigenvalue weighted by Crippen LogP contribution is -2.51. The van der Waals surface area contributed by atoms with Crippen molar-refractivity contribution in [2.75, 3.05) is 6.61 Å². The summed E-state index contributed by atoms with van der Waals surface area (Å²) < 4.78 is 36.4. The number of hydrogen-bond donors (Lipinski definition) is 4. The lowest BCUT2D eigenvalue weighted by Gasteiger charge is -2.32. The predicted molar refractivity (Wildman–Crippen MR) is 141 cm³/mol. The number of carbonyl (C=O) groups excluding carboxylic acids is 2. The van der Waals surface area contributed by atoms with E-state index in [-0.39, 0.29) is 23.2 Å². The number of fused-ring (bicyclic) bond motifs is 1. The van der Waals surface area contributed by atoms with Crippen LogP contribution in [-0.2, 0) is 4.79 Å². The molecule has 0 radical (unpaired) electrons. The number of nitrogens with zero attached hydrogens (tertiary/aromatic N) is 2. The van der Waals surface area contributed by atoms with E-state index in [0.29, 0.717) is 53.4 Å². The van der Waals surface area contributed by atoms with Crippen LogP contribution in [0.2, 0.25) is 0 Å². The Morgan fingerprint density at radius 1 is 1.18 bits per heavy atom. The first-order valence-corrected chi connectivity index (χ1v) is 13.3. The van der Waals surface area contributed by atoms with E-state index < -0.39 is 42.0 Å². The van der Waals surface area contributed by atoms with E-state index in [1.165, 1.54) is 13.3 Å². The van der Waals surface area contributed by atoms with Gasteiger partial charge in [-0.3, -0.25) is 9.59 Å². The zero-order valence-corrected chi connectivity index (χ0v) is 22.2. The molecule has 0 saturated heterocycles. The number of aromatic amines is 1. The van der Waals surface area contributed by atoms with Gasteiger partial charge in [0, 0.05) is 18.2 Å². The van der Waals surface area contributed by atoms with E-state index in [1.54, 1.807) is 26.0 Å². The highest BCUT2D eigenvalue weighted by Gasteiger charge is 2.34. The van der Waals surface area contributed by atoms with Gasteiger partial charge in [0.2, 0.25) is 5.91 Å². The first kappa shape index (κ1) is 27.0. The molecule has 3 unspecified atom stereocenters. The molecule has 39 heavy (non-hydrogen) atoms. The van der Waals surface area contributed by atoms with Crippen molar-refractivity contribution in [3.63, 3.8) is 0 Å². The number of aliphatic hydroxyl groups is 1. The lowest BCUT2D eigenvalue weighted by atomic mass is 9.89. The molecule has 3 aromatic rings. The number of H-pyrrole nitrogens is 1. The molecule has 2 aliphatic rings. The largest absolute Gasteiger partial charge is 0.492 e. The highest BCUT2D eigenvalue weighted by molar-refractivity contribution is 6.09. The van der Waals surface area contributed by atoms with Crippen LogP contribution in [0.25, 0.3) is 22.3 Å². The minimum Gasteiger partial charge on any atom is -0.492 e. The second-order valence-electron chi connectivity index (χ2n) is 10.7. The van der Waals surface area contributed by atoms with Crippen LogP contribution in [0.5, 0.6) is 5.75 Å². The van der Waals surface area contributed by atoms with Gasteiger partial charge in [0.05, 0.1) is 29.3 Å². The molecule has 2 heterocycles. The number of hydrogen-bond acceptors (Lipinski definition) is 6. The van der Waals surface area contributed by atoms with Crippen molar-refractivity contribution in [1.29, 1.82) is 0 Å². The average Bonchev–Trinajstić information content (AvgIpc) is 3.66. The van der Waals surface area contributed by atoms with Gasteiger partial charge in [0.1, 0.15) is 41.4 Å². The van der Waals surface area contributed by atoms with Crippen molar-refractivity contribution >= 4 is 22.8 Å². The molecule has 4 N–H and O–H groups in total. The van der Waals surface area contributed by atoms with Crippen LogP contribution in [-0.4, -0.2) is 62.8 Å². The standard InChI is InChI=1S/C28H33F2N5O4/c1-13-4-9-20(39-11-16-5-6-16)22(23(13)30)25-26-24(31-12-32-25)21(14(2)33-26)28(38)35-19-8-7-17(10-18(19)29)34-27(37)15(3)36/h4,9,12,15-19,33,36H,5-8,10-11H2,1-3H3,(H,34,37)(H,35,38)/t15-,17?,18?,19?/m0/s1. The number of aromatic nitrogens is 3. The van der Waals surface area contributed by atoms with E-state index in [9.17, 15) is 19.1 Å². The van der Waals surface area contributed by atoms with Gasteiger partial charge in [-0.2, -0.15) is 0 Å². The van der Waals surface area contributed by atoms with Gasteiger partial charge >= 0.3 is 0 Å². The molecule has 1 aromatic carbocycles. The third-order valence-electron chi connectivity index (χ3n) is 7.52. The van der Waals surface area contributed by atoms with Crippen molar-refractivity contribution in [3.8, 4) is 17.0 Å². The topological polar surface area (TPSA) is 129 Å². The molecule has 4 atom stereocenters. The zero-order valence-electron chi connectivity index (χ0n) is 22.2. The molecular weight excluding hydrogens is 508 g/mol. The van der Waals surface area contributed by atoms with Gasteiger partial charge in [-0.05, 0) is 64.0 Å². The maximum absolute atomic E-state index is 15.5. The van der Waals surface area contributed by atoms with Crippen LogP contribution in [0.4, 0.5) is 8.78 Å². The van der Waals surface area contributed by atoms with Crippen LogP contribution in [0.1, 0.15) is 60.6 Å². The number of aryl methyl sites for hydroxylation is 2. The number of nitrogens with one attached hydrogen (secondary N) is 3. The fraction of sp³-hybridized carbons (Fsp3) is 0.500. The van der Waals surface area contributed by atoms with Gasteiger partial charge in [-0.25, -0.2) is 18.7 Å². The van der Waals surface area contributed by atoms with E-state index in [1.807, 2.05) is 0 Å². The Morgan fingerprint density at radius 2 is 1.95 bits per heavy atom. The second-order valence-corrected chi connectivity index (χ2v) is 10.7. The SMILES string of the molecule is Cc1ccc(OCC2CC2)c(-c2ncnc3c(C(=O)NC4CCC(NC(=O)[C@H](C)O)CC4F)c(C)[nH]c23)c1F. The molecule has 11 heteroatoms. The van der Waals surface area contributed by atoms with Crippen molar-refractivity contribution < 1.29 is 28.2 Å². The van der Waals surface area contributed by atoms with E-state index in [2.05, 4.69) is 25.6 Å². The van der Waals surface area contributed by atoms with Crippen molar-refractivity contribution in [1.82, 2.24) is 25.6 Å². The molecule has 208 valence electrons. The normalized spacial score (nSPS) is 21.9. The van der Waals surface area contributed by atoms with Crippen LogP contribution >= 0.6 is 0 Å². The number of alkyl halides is 1. The van der Waals surface area contributed by atoms with E-state index >= 15 is 4.39 Å². The smallest absolute Gasteiger partial charge is 0.255 e. The van der Waals surface area contributed by atoms with Crippen molar-refractivity contribution in [3.05, 3.63) is 41.1 Å². The van der Waals surface area contributed by atoms with Gasteiger partial charge in [0.25, 0.3) is 5.91 Å². The maximum atomic E-state index is 15.5. The molecule has 0 aliphatic heterocycles. The maximum Gasteiger partial charge on any atom is 0.255 e. The van der Waals surface area contributed by atoms with Gasteiger partial charge in [0.15, 0.2) is 0 Å². The molecule has 5 rings (SSSR count). The van der Waals surface area contributed by atoms with Crippen molar-refractivity contribution in [2.45, 2.75) is 77.2 Å². The highest BCUT2D eigenvalue weighted by atomic mass is 19.1. The summed E-state index contributed by atoms with van der Waals surface area (Å²) in [6, 6.07) is 2.23. The minimum atomic E-state index is -1.38. The molecule has 0 spiro atoms. The Balaban J connectivity index is 1.40. The number of amides is 2. The van der Waals surface area contributed by atoms with E-state index in [4.69, 9.17) is 4.74 Å². The molecule has 0 bridgehead atoms. The Morgan fingerprint density at radius 3 is 2.64 bits per heavy atom. The third kappa shape index (κ3) is 5.59. The fourth-order valence-electron chi connectivity index (χ4n) is 5.06. The Bertz CT molecular complexity index is 1400. The average molecular weight is 542 g/mol. The summed E-state index contributed by atoms with van der Waals surface area (Å²) in [6.07, 6.45) is 1.70. The number of aliphatic hydroxyl groups excluding tert-OH is 1. The second kappa shape index (κ2) is 10.9. The molecule has 9 nitrogen and oxygen atoms in total. The molecule has 2 aliphatic carbocycles. The van der Waals surface area contributed by atoms with Gasteiger partial charge in [-0.1, -0.05) is 6.07 Å². The summed E-state index contributed by atoms with van der Waals surface area (Å²) in [7, 11) is 0. The molecule has 2 fully saturated rings. The highest BCUT2D eigenvalue weighted by Crippen LogP contribution is 2.39. The van der Waals surface area contributed by atoms with Crippen LogP contribution < -0.4 is 15.4 Å². The Kier molecular flexibility index (Phi) is 7.53. The summed E-state index contributed by atoms with van der Waals surface area (Å²) >= 11 is 0. The van der Waals surface area contributed by atoms with Crippen LogP contribution in [0.15, 0.2) is 18.5 Å². The number of carbonyl (C=O) groups is 2. The van der Waals surface area contributed by atoms with Crippen LogP contribution in [0.3, 0.4) is 0 Å². The van der Waals surface area contributed by atoms with Crippen LogP contribution in [0, 0.1) is 25.6 Å². The quantitative estimate of drug-likeness (QED) is 0.345. The predicted octanol–water partition coefficient (Wildman–Crippen LogP) is 3.66. The molecular formula is C28H33F2N5O4. The summed E-state index contributed by atoms with van der Waals surface area (Å²) in [6.45, 7) is 5.21. The molecule has 2 saturated carbocycles. The number of ether oxygens (including phenoxy) is 1. The summed E-state index contributed by atoms with van der Waals surface area (Å²) in [5.41, 5.74) is 2.35. The zero-order chi connectivity index (χ0) is 27.8. The van der Waals surface area contributed by atoms with Gasteiger partial charge < -0.3 is 25.5 Å². The Hall–Kier alpha value is -3.60. The third-order valence-corrected chi connectivity index (χ3v) is 7.52. The minimum absolute atomic E-state index is 0.0266. The first-order chi connectivity index (χ1) is 18.6. The number of benzene rings is 1.